The first-order valence-electron chi connectivity index (χ1n) is 10.4. The van der Waals surface area contributed by atoms with Gasteiger partial charge < -0.3 is 11.5 Å². The van der Waals surface area contributed by atoms with Crippen LogP contribution in [0.3, 0.4) is 0 Å². The Labute approximate surface area is 202 Å². The summed E-state index contributed by atoms with van der Waals surface area (Å²) in [7, 11) is 0. The molecule has 0 amide bonds. The van der Waals surface area contributed by atoms with Crippen LogP contribution >= 0.6 is 11.6 Å². The molecule has 7 nitrogen and oxygen atoms in total. The van der Waals surface area contributed by atoms with Gasteiger partial charge >= 0.3 is 0 Å². The van der Waals surface area contributed by atoms with Crippen LogP contribution in [0.1, 0.15) is 17.0 Å². The number of anilines is 2. The van der Waals surface area contributed by atoms with E-state index in [9.17, 15) is 13.2 Å². The lowest BCUT2D eigenvalue weighted by Crippen LogP contribution is -2.10. The number of nitrogens with two attached hydrogens (primary N) is 2. The first-order chi connectivity index (χ1) is 16.7. The van der Waals surface area contributed by atoms with E-state index < -0.39 is 23.0 Å². The van der Waals surface area contributed by atoms with Crippen molar-refractivity contribution in [2.75, 3.05) is 11.5 Å². The van der Waals surface area contributed by atoms with Gasteiger partial charge in [-0.15, -0.1) is 0 Å². The number of hydrogen-bond acceptors (Lipinski definition) is 6. The molecular formula is C24H17ClF3N7. The van der Waals surface area contributed by atoms with E-state index in [1.54, 1.807) is 36.5 Å². The lowest BCUT2D eigenvalue weighted by molar-refractivity contribution is 0.482. The van der Waals surface area contributed by atoms with Gasteiger partial charge in [0, 0.05) is 34.3 Å². The van der Waals surface area contributed by atoms with Crippen molar-refractivity contribution in [1.29, 1.82) is 0 Å². The second-order valence-corrected chi connectivity index (χ2v) is 8.31. The lowest BCUT2D eigenvalue weighted by Gasteiger charge is -2.11. The van der Waals surface area contributed by atoms with Crippen molar-refractivity contribution in [2.24, 2.45) is 0 Å². The molecule has 0 aliphatic rings. The van der Waals surface area contributed by atoms with Crippen molar-refractivity contribution in [3.8, 4) is 17.1 Å². The van der Waals surface area contributed by atoms with E-state index in [0.29, 0.717) is 27.1 Å². The molecule has 3 aromatic heterocycles. The van der Waals surface area contributed by atoms with Gasteiger partial charge in [-0.05, 0) is 55.0 Å². The highest BCUT2D eigenvalue weighted by Crippen LogP contribution is 2.32. The molecule has 0 unspecified atom stereocenters. The van der Waals surface area contributed by atoms with Gasteiger partial charge in [-0.3, -0.25) is 4.98 Å². The normalized spacial score (nSPS) is 11.3. The predicted octanol–water partition coefficient (Wildman–Crippen LogP) is 5.01. The Balaban J connectivity index is 1.67. The fourth-order valence-corrected chi connectivity index (χ4v) is 4.08. The monoisotopic (exact) mass is 495 g/mol. The molecule has 176 valence electrons. The first kappa shape index (κ1) is 22.6. The van der Waals surface area contributed by atoms with Crippen LogP contribution in [0.4, 0.5) is 24.8 Å². The molecule has 11 heteroatoms. The molecule has 0 bridgehead atoms. The van der Waals surface area contributed by atoms with Gasteiger partial charge in [0.05, 0.1) is 16.8 Å². The van der Waals surface area contributed by atoms with Gasteiger partial charge in [0.1, 0.15) is 17.5 Å². The Morgan fingerprint density at radius 3 is 2.37 bits per heavy atom. The number of nitrogen functional groups attached to an aromatic ring is 2. The lowest BCUT2D eigenvalue weighted by atomic mass is 10.1. The summed E-state index contributed by atoms with van der Waals surface area (Å²) in [6.07, 6.45) is 1.29. The van der Waals surface area contributed by atoms with Crippen molar-refractivity contribution >= 4 is 34.1 Å². The van der Waals surface area contributed by atoms with E-state index in [2.05, 4.69) is 20.1 Å². The van der Waals surface area contributed by atoms with Crippen LogP contribution in [0.15, 0.2) is 48.7 Å². The highest BCUT2D eigenvalue weighted by atomic mass is 35.5. The summed E-state index contributed by atoms with van der Waals surface area (Å²) in [5, 5.41) is 5.32. The summed E-state index contributed by atoms with van der Waals surface area (Å²) in [4.78, 5) is 12.9. The first-order valence-corrected chi connectivity index (χ1v) is 10.8. The van der Waals surface area contributed by atoms with Crippen molar-refractivity contribution in [1.82, 2.24) is 24.7 Å². The summed E-state index contributed by atoms with van der Waals surface area (Å²) in [5.74, 6) is -3.06. The summed E-state index contributed by atoms with van der Waals surface area (Å²) < 4.78 is 43.8. The van der Waals surface area contributed by atoms with Crippen LogP contribution in [0, 0.1) is 24.4 Å². The molecule has 0 aliphatic heterocycles. The minimum absolute atomic E-state index is 0.0493. The third-order valence-corrected chi connectivity index (χ3v) is 5.76. The van der Waals surface area contributed by atoms with E-state index in [4.69, 9.17) is 23.1 Å². The zero-order valence-electron chi connectivity index (χ0n) is 18.2. The summed E-state index contributed by atoms with van der Waals surface area (Å²) in [5.41, 5.74) is 14.7. The van der Waals surface area contributed by atoms with Crippen LogP contribution < -0.4 is 11.5 Å². The second kappa shape index (κ2) is 8.55. The van der Waals surface area contributed by atoms with Crippen LogP contribution in [0.2, 0.25) is 5.02 Å². The summed E-state index contributed by atoms with van der Waals surface area (Å²) >= 11 is 6.17. The molecule has 0 aliphatic carbocycles. The zero-order chi connectivity index (χ0) is 24.9. The van der Waals surface area contributed by atoms with Gasteiger partial charge in [-0.1, -0.05) is 11.6 Å². The maximum atomic E-state index is 14.4. The fraction of sp³-hybridized carbons (Fsp3) is 0.0833. The fourth-order valence-electron chi connectivity index (χ4n) is 3.91. The average Bonchev–Trinajstić information content (AvgIpc) is 3.16. The van der Waals surface area contributed by atoms with E-state index >= 15 is 0 Å². The van der Waals surface area contributed by atoms with Crippen molar-refractivity contribution in [3.63, 3.8) is 0 Å². The third-order valence-electron chi connectivity index (χ3n) is 5.53. The van der Waals surface area contributed by atoms with Gasteiger partial charge in [-0.25, -0.2) is 13.2 Å². The minimum Gasteiger partial charge on any atom is -0.383 e. The van der Waals surface area contributed by atoms with E-state index in [0.717, 1.165) is 17.8 Å². The number of fused-ring (bicyclic) bond motifs is 1. The molecule has 0 spiro atoms. The highest BCUT2D eigenvalue weighted by molar-refractivity contribution is 6.31. The van der Waals surface area contributed by atoms with Gasteiger partial charge in [0.2, 0.25) is 0 Å². The number of rotatable bonds is 4. The molecule has 0 saturated carbocycles. The Hall–Kier alpha value is -4.18. The van der Waals surface area contributed by atoms with Gasteiger partial charge in [0.15, 0.2) is 11.6 Å². The van der Waals surface area contributed by atoms with Crippen LogP contribution in [0.25, 0.3) is 28.0 Å². The molecule has 5 aromatic rings. The molecule has 5 rings (SSSR count). The minimum atomic E-state index is -1.28. The van der Waals surface area contributed by atoms with E-state index in [1.807, 2.05) is 6.92 Å². The molecule has 0 fully saturated rings. The van der Waals surface area contributed by atoms with Crippen LogP contribution in [-0.2, 0) is 6.42 Å². The van der Waals surface area contributed by atoms with Gasteiger partial charge in [0.25, 0.3) is 5.95 Å². The molecule has 3 heterocycles. The molecule has 35 heavy (non-hydrogen) atoms. The van der Waals surface area contributed by atoms with Gasteiger partial charge in [-0.2, -0.15) is 19.7 Å². The van der Waals surface area contributed by atoms with Crippen molar-refractivity contribution < 1.29 is 13.2 Å². The van der Waals surface area contributed by atoms with Crippen molar-refractivity contribution in [3.05, 3.63) is 88.1 Å². The highest BCUT2D eigenvalue weighted by Gasteiger charge is 2.21. The quantitative estimate of drug-likeness (QED) is 0.339. The van der Waals surface area contributed by atoms with Crippen LogP contribution in [-0.4, -0.2) is 24.7 Å². The molecular weight excluding hydrogens is 479 g/mol. The summed E-state index contributed by atoms with van der Waals surface area (Å²) in [6.45, 7) is 1.83. The number of halogens is 4. The Morgan fingerprint density at radius 2 is 1.66 bits per heavy atom. The topological polar surface area (TPSA) is 109 Å². The number of hydrogen-bond donors (Lipinski definition) is 2. The predicted molar refractivity (Wildman–Crippen MR) is 128 cm³/mol. The number of benzene rings is 2. The van der Waals surface area contributed by atoms with E-state index in [1.165, 1.54) is 4.68 Å². The number of aromatic nitrogens is 5. The Bertz CT molecular complexity index is 1590. The Kier molecular flexibility index (Phi) is 5.52. The average molecular weight is 496 g/mol. The second-order valence-electron chi connectivity index (χ2n) is 7.87. The Morgan fingerprint density at radius 1 is 0.943 bits per heavy atom. The van der Waals surface area contributed by atoms with Crippen molar-refractivity contribution in [2.45, 2.75) is 13.3 Å². The molecule has 0 radical (unpaired) electrons. The molecule has 2 aromatic carbocycles. The number of pyridine rings is 1. The van der Waals surface area contributed by atoms with E-state index in [-0.39, 0.29) is 29.7 Å². The maximum Gasteiger partial charge on any atom is 0.255 e. The maximum absolute atomic E-state index is 14.4. The van der Waals surface area contributed by atoms with Crippen LogP contribution in [0.5, 0.6) is 0 Å². The molecule has 0 saturated heterocycles. The smallest absolute Gasteiger partial charge is 0.255 e. The zero-order valence-corrected chi connectivity index (χ0v) is 19.0. The molecule has 0 atom stereocenters. The molecule has 4 N–H and O–H groups in total. The summed E-state index contributed by atoms with van der Waals surface area (Å²) in [6, 6.07) is 10.0. The number of aryl methyl sites for hydroxylation is 1. The standard InChI is InChI=1S/C24H17ClF3N7/c1-11-8-12(6-7-31-11)20-22(29)32-24(33-23(20)30)35-19-5-2-13(25)9-15(19)18(34-35)10-14-16(26)3-4-17(27)21(14)28/h2-9H,10H2,1H3,(H4,29,30,32,33). The third kappa shape index (κ3) is 4.01. The largest absolute Gasteiger partial charge is 0.383 e. The number of nitrogens with zero attached hydrogens (tertiary/aromatic N) is 5. The SMILES string of the molecule is Cc1cc(-c2c(N)nc(-n3nc(Cc4c(F)ccc(F)c4F)c4cc(Cl)ccc43)nc2N)ccn1.